The fraction of sp³-hybridized carbons (Fsp3) is 0.842. The summed E-state index contributed by atoms with van der Waals surface area (Å²) >= 11 is 0. The Bertz CT molecular complexity index is 675. The molecule has 26 heavy (non-hydrogen) atoms. The summed E-state index contributed by atoms with van der Waals surface area (Å²) in [4.78, 5) is 12.5. The maximum absolute atomic E-state index is 13.5. The highest BCUT2D eigenvalue weighted by Gasteiger charge is 2.67. The molecular formula is C19H28O6S. The van der Waals surface area contributed by atoms with E-state index in [1.54, 1.807) is 6.08 Å². The van der Waals surface area contributed by atoms with Gasteiger partial charge in [-0.25, -0.2) is 0 Å². The van der Waals surface area contributed by atoms with Crippen molar-refractivity contribution in [3.8, 4) is 0 Å². The molecule has 2 heterocycles. The average molecular weight is 384 g/mol. The van der Waals surface area contributed by atoms with Crippen molar-refractivity contribution in [2.75, 3.05) is 20.0 Å². The van der Waals surface area contributed by atoms with Crippen molar-refractivity contribution in [3.05, 3.63) is 12.2 Å². The summed E-state index contributed by atoms with van der Waals surface area (Å²) in [5.41, 5.74) is -0.426. The molecule has 0 radical (unpaired) electrons. The molecule has 0 aromatic carbocycles. The van der Waals surface area contributed by atoms with Crippen LogP contribution in [-0.2, 0) is 29.8 Å². The molecule has 146 valence electrons. The van der Waals surface area contributed by atoms with Gasteiger partial charge in [-0.15, -0.1) is 0 Å². The van der Waals surface area contributed by atoms with Gasteiger partial charge in [0.1, 0.15) is 5.92 Å². The number of aliphatic hydroxyl groups excluding tert-OH is 1. The molecule has 3 fully saturated rings. The Kier molecular flexibility index (Phi) is 4.20. The molecule has 1 saturated heterocycles. The van der Waals surface area contributed by atoms with E-state index in [4.69, 9.17) is 14.2 Å². The number of rotatable bonds is 5. The molecule has 0 unspecified atom stereocenters. The van der Waals surface area contributed by atoms with Gasteiger partial charge in [-0.1, -0.05) is 19.9 Å². The molecule has 1 N–H and O–H groups in total. The lowest BCUT2D eigenvalue weighted by molar-refractivity contribution is -0.192. The second-order valence-electron chi connectivity index (χ2n) is 8.72. The van der Waals surface area contributed by atoms with E-state index in [9.17, 15) is 14.1 Å². The number of ether oxygens (including phenoxy) is 3. The minimum absolute atomic E-state index is 0.0594. The summed E-state index contributed by atoms with van der Waals surface area (Å²) in [6, 6.07) is 0. The van der Waals surface area contributed by atoms with E-state index >= 15 is 0 Å². The Hall–Kier alpha value is -0.760. The van der Waals surface area contributed by atoms with Gasteiger partial charge in [-0.3, -0.25) is 9.00 Å². The number of hydrogen-bond acceptors (Lipinski definition) is 6. The highest BCUT2D eigenvalue weighted by atomic mass is 32.2. The minimum Gasteiger partial charge on any atom is -0.469 e. The van der Waals surface area contributed by atoms with Gasteiger partial charge < -0.3 is 19.3 Å². The number of carbonyl (C=O) groups excluding carboxylic acids is 1. The molecule has 4 bridgehead atoms. The summed E-state index contributed by atoms with van der Waals surface area (Å²) in [5, 5.41) is 10.2. The van der Waals surface area contributed by atoms with Crippen LogP contribution >= 0.6 is 0 Å². The van der Waals surface area contributed by atoms with Crippen LogP contribution in [0.5, 0.6) is 0 Å². The second kappa shape index (κ2) is 5.87. The Morgan fingerprint density at radius 1 is 1.38 bits per heavy atom. The van der Waals surface area contributed by atoms with Crippen molar-refractivity contribution in [2.24, 2.45) is 22.7 Å². The molecule has 2 aliphatic carbocycles. The first kappa shape index (κ1) is 18.6. The van der Waals surface area contributed by atoms with Crippen LogP contribution in [0.4, 0.5) is 0 Å². The molecule has 0 aromatic rings. The van der Waals surface area contributed by atoms with Crippen molar-refractivity contribution < 1.29 is 28.3 Å². The molecule has 0 amide bonds. The van der Waals surface area contributed by atoms with Crippen LogP contribution in [0.3, 0.4) is 0 Å². The molecule has 7 heteroatoms. The van der Waals surface area contributed by atoms with Crippen LogP contribution in [0.15, 0.2) is 12.2 Å². The first-order valence-electron chi connectivity index (χ1n) is 9.28. The lowest BCUT2D eigenvalue weighted by Gasteiger charge is -2.41. The van der Waals surface area contributed by atoms with Gasteiger partial charge >= 0.3 is 5.97 Å². The maximum atomic E-state index is 13.5. The molecule has 4 rings (SSSR count). The van der Waals surface area contributed by atoms with Crippen LogP contribution in [-0.4, -0.2) is 58.5 Å². The van der Waals surface area contributed by atoms with Crippen molar-refractivity contribution in [2.45, 2.75) is 56.4 Å². The standard InChI is InChI=1S/C19H28O6S/c1-17(2)11-5-7-18(17,13(20)9-11)10-26(22)15-12-6-8-19(24-4,25-12)14(15)16(21)23-3/h6,8,11-15,20H,5,7,9-10H2,1-4H3/t11-,12-,13-,14+,15-,18-,19+,26-/m1/s1. The van der Waals surface area contributed by atoms with Crippen molar-refractivity contribution >= 4 is 16.8 Å². The highest BCUT2D eigenvalue weighted by molar-refractivity contribution is 7.85. The predicted molar refractivity (Wildman–Crippen MR) is 95.6 cm³/mol. The smallest absolute Gasteiger partial charge is 0.315 e. The van der Waals surface area contributed by atoms with Crippen LogP contribution in [0.25, 0.3) is 0 Å². The van der Waals surface area contributed by atoms with E-state index in [0.717, 1.165) is 19.3 Å². The predicted octanol–water partition coefficient (Wildman–Crippen LogP) is 1.39. The molecule has 0 aromatic heterocycles. The molecule has 2 saturated carbocycles. The molecule has 6 nitrogen and oxygen atoms in total. The summed E-state index contributed by atoms with van der Waals surface area (Å²) in [6.45, 7) is 4.37. The normalized spacial score (nSPS) is 48.9. The lowest BCUT2D eigenvalue weighted by atomic mass is 9.70. The van der Waals surface area contributed by atoms with Crippen molar-refractivity contribution in [1.82, 2.24) is 0 Å². The maximum Gasteiger partial charge on any atom is 0.315 e. The zero-order valence-electron chi connectivity index (χ0n) is 15.8. The van der Waals surface area contributed by atoms with Gasteiger partial charge in [-0.05, 0) is 36.7 Å². The van der Waals surface area contributed by atoms with E-state index in [1.165, 1.54) is 14.2 Å². The Morgan fingerprint density at radius 3 is 2.65 bits per heavy atom. The third kappa shape index (κ3) is 2.14. The highest BCUT2D eigenvalue weighted by Crippen LogP contribution is 2.66. The second-order valence-corrected chi connectivity index (χ2v) is 10.3. The molecule has 8 atom stereocenters. The molecule has 2 aliphatic heterocycles. The van der Waals surface area contributed by atoms with Crippen molar-refractivity contribution in [3.63, 3.8) is 0 Å². The van der Waals surface area contributed by atoms with E-state index in [-0.39, 0.29) is 10.8 Å². The van der Waals surface area contributed by atoms with E-state index in [1.807, 2.05) is 6.08 Å². The minimum atomic E-state index is -1.36. The molecular weight excluding hydrogens is 356 g/mol. The fourth-order valence-electron chi connectivity index (χ4n) is 5.99. The first-order valence-corrected chi connectivity index (χ1v) is 10.7. The van der Waals surface area contributed by atoms with Gasteiger partial charge in [0.15, 0.2) is 0 Å². The SMILES string of the molecule is COC(=O)[C@@H]1[C@H]([S@](=O)C[C@]23CC[C@H](C[C@H]2O)C3(C)C)[C@H]2C=C[C@]1(OC)O2. The van der Waals surface area contributed by atoms with Gasteiger partial charge in [0.05, 0.1) is 24.6 Å². The van der Waals surface area contributed by atoms with Gasteiger partial charge in [-0.2, -0.15) is 0 Å². The van der Waals surface area contributed by atoms with Gasteiger partial charge in [0, 0.05) is 29.1 Å². The van der Waals surface area contributed by atoms with Gasteiger partial charge in [0.25, 0.3) is 0 Å². The van der Waals surface area contributed by atoms with Crippen LogP contribution in [0, 0.1) is 22.7 Å². The summed E-state index contributed by atoms with van der Waals surface area (Å²) in [5.74, 6) is -1.58. The van der Waals surface area contributed by atoms with Crippen molar-refractivity contribution in [1.29, 1.82) is 0 Å². The van der Waals surface area contributed by atoms with E-state index in [0.29, 0.717) is 11.7 Å². The van der Waals surface area contributed by atoms with Crippen LogP contribution in [0.1, 0.15) is 33.1 Å². The van der Waals surface area contributed by atoms with E-state index < -0.39 is 45.9 Å². The number of aliphatic hydroxyl groups is 1. The van der Waals surface area contributed by atoms with E-state index in [2.05, 4.69) is 13.8 Å². The Morgan fingerprint density at radius 2 is 2.12 bits per heavy atom. The van der Waals surface area contributed by atoms with Gasteiger partial charge in [0.2, 0.25) is 5.79 Å². The first-order chi connectivity index (χ1) is 12.2. The largest absolute Gasteiger partial charge is 0.469 e. The fourth-order valence-corrected chi connectivity index (χ4v) is 8.45. The Labute approximate surface area is 156 Å². The monoisotopic (exact) mass is 384 g/mol. The molecule has 4 aliphatic rings. The van der Waals surface area contributed by atoms with Crippen LogP contribution < -0.4 is 0 Å². The Balaban J connectivity index is 1.64. The number of fused-ring (bicyclic) bond motifs is 4. The summed E-state index contributed by atoms with van der Waals surface area (Å²) in [7, 11) is 1.45. The molecule has 0 spiro atoms. The number of methoxy groups -OCH3 is 2. The number of carbonyl (C=O) groups is 1. The third-order valence-electron chi connectivity index (χ3n) is 7.79. The zero-order chi connectivity index (χ0) is 18.9. The summed E-state index contributed by atoms with van der Waals surface area (Å²) in [6.07, 6.45) is 5.40. The zero-order valence-corrected chi connectivity index (χ0v) is 16.6. The third-order valence-corrected chi connectivity index (χ3v) is 9.74. The number of hydrogen-bond donors (Lipinski definition) is 1. The number of esters is 1. The average Bonchev–Trinajstić information content (AvgIpc) is 3.29. The topological polar surface area (TPSA) is 82.1 Å². The van der Waals surface area contributed by atoms with Crippen LogP contribution in [0.2, 0.25) is 0 Å². The lowest BCUT2D eigenvalue weighted by Crippen LogP contribution is -2.50. The quantitative estimate of drug-likeness (QED) is 0.570. The summed E-state index contributed by atoms with van der Waals surface area (Å²) < 4.78 is 29.9.